The molecule has 1 saturated carbocycles. The minimum Gasteiger partial charge on any atom is -0.399 e. The molecule has 0 bridgehead atoms. The molecule has 0 aromatic heterocycles. The van der Waals surface area contributed by atoms with Crippen LogP contribution in [0.5, 0.6) is 0 Å². The fourth-order valence-corrected chi connectivity index (χ4v) is 3.90. The number of nitrogens with two attached hydrogens (primary N) is 1. The van der Waals surface area contributed by atoms with Crippen LogP contribution in [0.4, 0.5) is 5.69 Å². The minimum atomic E-state index is 0.186. The van der Waals surface area contributed by atoms with Gasteiger partial charge >= 0.3 is 0 Å². The zero-order valence-corrected chi connectivity index (χ0v) is 12.3. The molecule has 1 aliphatic heterocycles. The van der Waals surface area contributed by atoms with E-state index in [2.05, 4.69) is 4.90 Å². The summed E-state index contributed by atoms with van der Waals surface area (Å²) in [6.07, 6.45) is 7.52. The number of benzene rings is 1. The van der Waals surface area contributed by atoms with E-state index in [9.17, 15) is 4.79 Å². The number of anilines is 1. The molecular formula is C17H24N2O. The predicted molar refractivity (Wildman–Crippen MR) is 81.6 cm³/mol. The maximum Gasteiger partial charge on any atom is 0.254 e. The molecule has 2 fully saturated rings. The average Bonchev–Trinajstić information content (AvgIpc) is 2.48. The number of nitrogens with zero attached hydrogens (tertiary/aromatic N) is 1. The van der Waals surface area contributed by atoms with Crippen molar-refractivity contribution in [3.05, 3.63) is 29.3 Å². The molecule has 1 saturated heterocycles. The molecular weight excluding hydrogens is 248 g/mol. The summed E-state index contributed by atoms with van der Waals surface area (Å²) in [5.74, 6) is 0.911. The predicted octanol–water partition coefficient (Wildman–Crippen LogP) is 3.37. The molecule has 3 nitrogen and oxygen atoms in total. The smallest absolute Gasteiger partial charge is 0.254 e. The van der Waals surface area contributed by atoms with Gasteiger partial charge in [0.15, 0.2) is 0 Å². The SMILES string of the molecule is Cc1ccc(N)cc1C(=O)N1CCCC2CCCCC21. The van der Waals surface area contributed by atoms with E-state index in [4.69, 9.17) is 5.73 Å². The molecule has 108 valence electrons. The lowest BCUT2D eigenvalue weighted by Crippen LogP contribution is -2.49. The fourth-order valence-electron chi connectivity index (χ4n) is 3.90. The molecule has 3 heteroatoms. The highest BCUT2D eigenvalue weighted by Crippen LogP contribution is 2.36. The van der Waals surface area contributed by atoms with Crippen molar-refractivity contribution in [1.29, 1.82) is 0 Å². The monoisotopic (exact) mass is 272 g/mol. The van der Waals surface area contributed by atoms with Gasteiger partial charge in [0, 0.05) is 23.8 Å². The summed E-state index contributed by atoms with van der Waals surface area (Å²) in [6.45, 7) is 2.91. The van der Waals surface area contributed by atoms with E-state index in [1.165, 1.54) is 32.1 Å². The van der Waals surface area contributed by atoms with Gasteiger partial charge in [-0.1, -0.05) is 18.9 Å². The van der Waals surface area contributed by atoms with Gasteiger partial charge in [-0.05, 0) is 56.2 Å². The quantitative estimate of drug-likeness (QED) is 0.797. The Kier molecular flexibility index (Phi) is 3.68. The first kappa shape index (κ1) is 13.5. The number of fused-ring (bicyclic) bond motifs is 1. The number of hydrogen-bond donors (Lipinski definition) is 1. The van der Waals surface area contributed by atoms with Crippen LogP contribution in [0.3, 0.4) is 0 Å². The van der Waals surface area contributed by atoms with Gasteiger partial charge in [0.1, 0.15) is 0 Å². The van der Waals surface area contributed by atoms with Crippen molar-refractivity contribution in [3.63, 3.8) is 0 Å². The fraction of sp³-hybridized carbons (Fsp3) is 0.588. The van der Waals surface area contributed by atoms with Crippen molar-refractivity contribution in [1.82, 2.24) is 4.90 Å². The van der Waals surface area contributed by atoms with Crippen molar-refractivity contribution in [2.75, 3.05) is 12.3 Å². The topological polar surface area (TPSA) is 46.3 Å². The zero-order chi connectivity index (χ0) is 14.1. The highest BCUT2D eigenvalue weighted by atomic mass is 16.2. The molecule has 20 heavy (non-hydrogen) atoms. The summed E-state index contributed by atoms with van der Waals surface area (Å²) in [5, 5.41) is 0. The first-order valence-electron chi connectivity index (χ1n) is 7.84. The van der Waals surface area contributed by atoms with Gasteiger partial charge in [-0.2, -0.15) is 0 Å². The van der Waals surface area contributed by atoms with Crippen molar-refractivity contribution in [2.24, 2.45) is 5.92 Å². The van der Waals surface area contributed by atoms with E-state index >= 15 is 0 Å². The van der Waals surface area contributed by atoms with Crippen molar-refractivity contribution >= 4 is 11.6 Å². The number of rotatable bonds is 1. The number of likely N-dealkylation sites (tertiary alicyclic amines) is 1. The summed E-state index contributed by atoms with van der Waals surface area (Å²) in [5.41, 5.74) is 8.35. The number of carbonyl (C=O) groups excluding carboxylic acids is 1. The number of piperidine rings is 1. The van der Waals surface area contributed by atoms with Gasteiger partial charge in [-0.25, -0.2) is 0 Å². The maximum atomic E-state index is 12.9. The van der Waals surface area contributed by atoms with Gasteiger partial charge in [0.25, 0.3) is 5.91 Å². The standard InChI is InChI=1S/C17H24N2O/c1-12-8-9-14(18)11-15(12)17(20)19-10-4-6-13-5-2-3-7-16(13)19/h8-9,11,13,16H,2-7,10,18H2,1H3. The van der Waals surface area contributed by atoms with Crippen LogP contribution in [-0.4, -0.2) is 23.4 Å². The first-order valence-corrected chi connectivity index (χ1v) is 7.84. The molecule has 0 radical (unpaired) electrons. The normalized spacial score (nSPS) is 26.1. The third-order valence-electron chi connectivity index (χ3n) is 5.00. The molecule has 2 N–H and O–H groups in total. The van der Waals surface area contributed by atoms with Gasteiger partial charge in [-0.15, -0.1) is 0 Å². The molecule has 2 unspecified atom stereocenters. The summed E-state index contributed by atoms with van der Waals surface area (Å²) < 4.78 is 0. The Morgan fingerprint density at radius 1 is 1.20 bits per heavy atom. The van der Waals surface area contributed by atoms with Crippen molar-refractivity contribution in [3.8, 4) is 0 Å². The second-order valence-electron chi connectivity index (χ2n) is 6.33. The third-order valence-corrected chi connectivity index (χ3v) is 5.00. The van der Waals surface area contributed by atoms with Gasteiger partial charge in [-0.3, -0.25) is 4.79 Å². The van der Waals surface area contributed by atoms with E-state index < -0.39 is 0 Å². The summed E-state index contributed by atoms with van der Waals surface area (Å²) in [7, 11) is 0. The Balaban J connectivity index is 1.87. The summed E-state index contributed by atoms with van der Waals surface area (Å²) in [6, 6.07) is 6.12. The van der Waals surface area contributed by atoms with Crippen LogP contribution in [0.15, 0.2) is 18.2 Å². The Labute approximate surface area is 121 Å². The van der Waals surface area contributed by atoms with E-state index in [1.54, 1.807) is 0 Å². The largest absolute Gasteiger partial charge is 0.399 e. The highest BCUT2D eigenvalue weighted by Gasteiger charge is 2.36. The molecule has 1 aliphatic carbocycles. The van der Waals surface area contributed by atoms with Gasteiger partial charge < -0.3 is 10.6 Å². The zero-order valence-electron chi connectivity index (χ0n) is 12.3. The number of hydrogen-bond acceptors (Lipinski definition) is 2. The summed E-state index contributed by atoms with van der Waals surface area (Å²) >= 11 is 0. The number of carbonyl (C=O) groups is 1. The molecule has 2 aliphatic rings. The molecule has 1 heterocycles. The lowest BCUT2D eigenvalue weighted by molar-refractivity contribution is 0.0390. The summed E-state index contributed by atoms with van der Waals surface area (Å²) in [4.78, 5) is 15.0. The van der Waals surface area contributed by atoms with Crippen LogP contribution < -0.4 is 5.73 Å². The second-order valence-corrected chi connectivity index (χ2v) is 6.33. The highest BCUT2D eigenvalue weighted by molar-refractivity contribution is 5.96. The number of aryl methyl sites for hydroxylation is 1. The number of nitrogen functional groups attached to an aromatic ring is 1. The molecule has 1 aromatic rings. The van der Waals surface area contributed by atoms with E-state index in [1.807, 2.05) is 25.1 Å². The molecule has 3 rings (SSSR count). The van der Waals surface area contributed by atoms with Crippen LogP contribution in [0.1, 0.15) is 54.4 Å². The van der Waals surface area contributed by atoms with Gasteiger partial charge in [0.2, 0.25) is 0 Å². The number of amides is 1. The third kappa shape index (κ3) is 2.41. The molecule has 0 spiro atoms. The van der Waals surface area contributed by atoms with Crippen molar-refractivity contribution in [2.45, 2.75) is 51.5 Å². The molecule has 1 amide bonds. The van der Waals surface area contributed by atoms with Crippen LogP contribution in [0.25, 0.3) is 0 Å². The Morgan fingerprint density at radius 2 is 1.95 bits per heavy atom. The van der Waals surface area contributed by atoms with E-state index in [0.717, 1.165) is 30.0 Å². The minimum absolute atomic E-state index is 0.186. The first-order chi connectivity index (χ1) is 9.66. The van der Waals surface area contributed by atoms with Crippen LogP contribution >= 0.6 is 0 Å². The average molecular weight is 272 g/mol. The second kappa shape index (κ2) is 5.47. The van der Waals surface area contributed by atoms with E-state index in [0.29, 0.717) is 11.7 Å². The lowest BCUT2D eigenvalue weighted by atomic mass is 9.78. The van der Waals surface area contributed by atoms with E-state index in [-0.39, 0.29) is 5.91 Å². The van der Waals surface area contributed by atoms with Gasteiger partial charge in [0.05, 0.1) is 0 Å². The Morgan fingerprint density at radius 3 is 2.80 bits per heavy atom. The molecule has 2 atom stereocenters. The van der Waals surface area contributed by atoms with Crippen LogP contribution in [0, 0.1) is 12.8 Å². The Hall–Kier alpha value is -1.51. The lowest BCUT2D eigenvalue weighted by Gasteiger charge is -2.44. The van der Waals surface area contributed by atoms with Crippen molar-refractivity contribution < 1.29 is 4.79 Å². The van der Waals surface area contributed by atoms with Crippen LogP contribution in [0.2, 0.25) is 0 Å². The Bertz CT molecular complexity index is 510. The maximum absolute atomic E-state index is 12.9. The molecule has 1 aromatic carbocycles. The van der Waals surface area contributed by atoms with Crippen LogP contribution in [-0.2, 0) is 0 Å².